The Labute approximate surface area is 112 Å². The highest BCUT2D eigenvalue weighted by molar-refractivity contribution is 5.24. The van der Waals surface area contributed by atoms with Crippen LogP contribution in [-0.2, 0) is 6.42 Å². The topological polar surface area (TPSA) is 20.2 Å². The fourth-order valence-electron chi connectivity index (χ4n) is 2.02. The maximum atomic E-state index is 10.2. The van der Waals surface area contributed by atoms with E-state index in [1.54, 1.807) is 0 Å². The predicted molar refractivity (Wildman–Crippen MR) is 78.7 cm³/mol. The zero-order valence-electron chi connectivity index (χ0n) is 12.4. The average molecular weight is 248 g/mol. The molecule has 0 aliphatic heterocycles. The van der Waals surface area contributed by atoms with Gasteiger partial charge in [-0.05, 0) is 42.2 Å². The Kier molecular flexibility index (Phi) is 5.87. The first-order valence-corrected chi connectivity index (χ1v) is 7.19. The van der Waals surface area contributed by atoms with Crippen molar-refractivity contribution in [1.82, 2.24) is 0 Å². The Morgan fingerprint density at radius 1 is 1.11 bits per heavy atom. The van der Waals surface area contributed by atoms with Crippen molar-refractivity contribution in [3.8, 4) is 0 Å². The molecular weight excluding hydrogens is 220 g/mol. The molecule has 1 N–H and O–H groups in total. The van der Waals surface area contributed by atoms with Gasteiger partial charge >= 0.3 is 0 Å². The van der Waals surface area contributed by atoms with E-state index in [0.717, 1.165) is 24.8 Å². The second-order valence-corrected chi connectivity index (χ2v) is 6.46. The van der Waals surface area contributed by atoms with Crippen molar-refractivity contribution in [1.29, 1.82) is 0 Å². The second kappa shape index (κ2) is 6.94. The van der Waals surface area contributed by atoms with E-state index in [1.807, 2.05) is 0 Å². The molecule has 1 rings (SSSR count). The minimum Gasteiger partial charge on any atom is -0.388 e. The second-order valence-electron chi connectivity index (χ2n) is 6.46. The van der Waals surface area contributed by atoms with Crippen LogP contribution in [0.25, 0.3) is 0 Å². The van der Waals surface area contributed by atoms with E-state index in [4.69, 9.17) is 0 Å². The Balaban J connectivity index is 2.51. The van der Waals surface area contributed by atoms with Crippen LogP contribution in [-0.4, -0.2) is 5.11 Å². The van der Waals surface area contributed by atoms with E-state index < -0.39 is 0 Å². The third-order valence-corrected chi connectivity index (χ3v) is 3.35. The molecule has 1 nitrogen and oxygen atoms in total. The molecular formula is C17H28O. The lowest BCUT2D eigenvalue weighted by Crippen LogP contribution is -2.08. The zero-order chi connectivity index (χ0) is 13.6. The number of aryl methyl sites for hydroxylation is 1. The van der Waals surface area contributed by atoms with Gasteiger partial charge < -0.3 is 5.11 Å². The van der Waals surface area contributed by atoms with Crippen molar-refractivity contribution in [2.75, 3.05) is 0 Å². The van der Waals surface area contributed by atoms with Crippen molar-refractivity contribution in [2.45, 2.75) is 65.9 Å². The minimum absolute atomic E-state index is 0.294. The molecule has 0 spiro atoms. The van der Waals surface area contributed by atoms with E-state index in [2.05, 4.69) is 52.0 Å². The van der Waals surface area contributed by atoms with Gasteiger partial charge in [0.2, 0.25) is 0 Å². The van der Waals surface area contributed by atoms with Gasteiger partial charge in [0.1, 0.15) is 0 Å². The molecule has 0 amide bonds. The maximum absolute atomic E-state index is 10.2. The van der Waals surface area contributed by atoms with Gasteiger partial charge in [0, 0.05) is 0 Å². The molecule has 1 aromatic carbocycles. The van der Waals surface area contributed by atoms with Crippen LogP contribution in [0.1, 0.15) is 70.6 Å². The molecule has 1 heteroatoms. The fourth-order valence-corrected chi connectivity index (χ4v) is 2.02. The van der Waals surface area contributed by atoms with E-state index in [9.17, 15) is 5.11 Å². The Bertz CT molecular complexity index is 332. The molecule has 102 valence electrons. The summed E-state index contributed by atoms with van der Waals surface area (Å²) in [4.78, 5) is 0. The van der Waals surface area contributed by atoms with Gasteiger partial charge in [-0.15, -0.1) is 0 Å². The summed E-state index contributed by atoms with van der Waals surface area (Å²) in [5.41, 5.74) is 2.73. The number of benzene rings is 1. The van der Waals surface area contributed by atoms with E-state index >= 15 is 0 Å². The van der Waals surface area contributed by atoms with Crippen molar-refractivity contribution in [2.24, 2.45) is 5.41 Å². The monoisotopic (exact) mass is 248 g/mol. The van der Waals surface area contributed by atoms with E-state index in [1.165, 1.54) is 18.4 Å². The standard InChI is InChI=1S/C17H28O/c1-5-6-7-14-8-10-15(11-9-14)16(18)12-13-17(2,3)4/h8-11,16,18H,5-7,12-13H2,1-4H3. The number of unbranched alkanes of at least 4 members (excludes halogenated alkanes) is 1. The van der Waals surface area contributed by atoms with Gasteiger partial charge in [0.15, 0.2) is 0 Å². The van der Waals surface area contributed by atoms with Crippen molar-refractivity contribution in [3.63, 3.8) is 0 Å². The van der Waals surface area contributed by atoms with Crippen LogP contribution in [0.5, 0.6) is 0 Å². The molecule has 0 saturated heterocycles. The lowest BCUT2D eigenvalue weighted by atomic mass is 9.88. The quantitative estimate of drug-likeness (QED) is 0.760. The molecule has 1 atom stereocenters. The van der Waals surface area contributed by atoms with Crippen LogP contribution in [0.2, 0.25) is 0 Å². The summed E-state index contributed by atoms with van der Waals surface area (Å²) in [5.74, 6) is 0. The summed E-state index contributed by atoms with van der Waals surface area (Å²) in [5, 5.41) is 10.2. The molecule has 0 fully saturated rings. The SMILES string of the molecule is CCCCc1ccc(C(O)CCC(C)(C)C)cc1. The number of aliphatic hydroxyl groups is 1. The summed E-state index contributed by atoms with van der Waals surface area (Å²) in [6, 6.07) is 8.48. The van der Waals surface area contributed by atoms with Crippen LogP contribution in [0.3, 0.4) is 0 Å². The van der Waals surface area contributed by atoms with Gasteiger partial charge in [-0.1, -0.05) is 58.4 Å². The zero-order valence-corrected chi connectivity index (χ0v) is 12.4. The van der Waals surface area contributed by atoms with Crippen LogP contribution < -0.4 is 0 Å². The van der Waals surface area contributed by atoms with E-state index in [-0.39, 0.29) is 6.10 Å². The number of hydrogen-bond acceptors (Lipinski definition) is 1. The lowest BCUT2D eigenvalue weighted by Gasteiger charge is -2.20. The molecule has 0 aliphatic rings. The Hall–Kier alpha value is -0.820. The van der Waals surface area contributed by atoms with Crippen LogP contribution in [0.4, 0.5) is 0 Å². The Morgan fingerprint density at radius 2 is 1.72 bits per heavy atom. The number of aliphatic hydroxyl groups excluding tert-OH is 1. The molecule has 0 heterocycles. The van der Waals surface area contributed by atoms with Crippen LogP contribution >= 0.6 is 0 Å². The first kappa shape index (κ1) is 15.2. The van der Waals surface area contributed by atoms with Gasteiger partial charge in [-0.2, -0.15) is 0 Å². The number of rotatable bonds is 6. The maximum Gasteiger partial charge on any atom is 0.0790 e. The predicted octanol–water partition coefficient (Wildman–Crippen LogP) is 4.89. The van der Waals surface area contributed by atoms with Gasteiger partial charge in [-0.25, -0.2) is 0 Å². The molecule has 0 aromatic heterocycles. The lowest BCUT2D eigenvalue weighted by molar-refractivity contribution is 0.147. The molecule has 1 unspecified atom stereocenters. The Morgan fingerprint density at radius 3 is 2.22 bits per heavy atom. The van der Waals surface area contributed by atoms with Crippen molar-refractivity contribution < 1.29 is 5.11 Å². The fraction of sp³-hybridized carbons (Fsp3) is 0.647. The summed E-state index contributed by atoms with van der Waals surface area (Å²) in [7, 11) is 0. The highest BCUT2D eigenvalue weighted by Gasteiger charge is 2.14. The number of hydrogen-bond donors (Lipinski definition) is 1. The van der Waals surface area contributed by atoms with Crippen molar-refractivity contribution >= 4 is 0 Å². The first-order chi connectivity index (χ1) is 8.42. The summed E-state index contributed by atoms with van der Waals surface area (Å²) in [6.07, 6.45) is 5.20. The van der Waals surface area contributed by atoms with Gasteiger partial charge in [-0.3, -0.25) is 0 Å². The molecule has 0 bridgehead atoms. The highest BCUT2D eigenvalue weighted by atomic mass is 16.3. The molecule has 0 saturated carbocycles. The van der Waals surface area contributed by atoms with E-state index in [0.29, 0.717) is 5.41 Å². The summed E-state index contributed by atoms with van der Waals surface area (Å²) in [6.45, 7) is 8.86. The first-order valence-electron chi connectivity index (χ1n) is 7.19. The highest BCUT2D eigenvalue weighted by Crippen LogP contribution is 2.27. The third-order valence-electron chi connectivity index (χ3n) is 3.35. The largest absolute Gasteiger partial charge is 0.388 e. The third kappa shape index (κ3) is 5.68. The van der Waals surface area contributed by atoms with Gasteiger partial charge in [0.25, 0.3) is 0 Å². The minimum atomic E-state index is -0.315. The van der Waals surface area contributed by atoms with Crippen LogP contribution in [0.15, 0.2) is 24.3 Å². The molecule has 0 aliphatic carbocycles. The summed E-state index contributed by atoms with van der Waals surface area (Å²) < 4.78 is 0. The normalized spacial score (nSPS) is 13.6. The molecule has 1 aromatic rings. The summed E-state index contributed by atoms with van der Waals surface area (Å²) >= 11 is 0. The van der Waals surface area contributed by atoms with Gasteiger partial charge in [0.05, 0.1) is 6.10 Å². The van der Waals surface area contributed by atoms with Crippen molar-refractivity contribution in [3.05, 3.63) is 35.4 Å². The molecule has 0 radical (unpaired) electrons. The smallest absolute Gasteiger partial charge is 0.0790 e. The van der Waals surface area contributed by atoms with Crippen LogP contribution in [0, 0.1) is 5.41 Å². The molecule has 18 heavy (non-hydrogen) atoms. The average Bonchev–Trinajstić information content (AvgIpc) is 2.33.